The zero-order valence-corrected chi connectivity index (χ0v) is 13.0. The summed E-state index contributed by atoms with van der Waals surface area (Å²) in [6, 6.07) is 8.18. The number of nitrogens with two attached hydrogens (primary N) is 1. The summed E-state index contributed by atoms with van der Waals surface area (Å²) in [6.07, 6.45) is 5.58. The second kappa shape index (κ2) is 8.15. The molecule has 1 heterocycles. The molecule has 1 atom stereocenters. The molecule has 21 heavy (non-hydrogen) atoms. The minimum absolute atomic E-state index is 0.135. The maximum absolute atomic E-state index is 11.5. The van der Waals surface area contributed by atoms with Gasteiger partial charge in [-0.1, -0.05) is 37.6 Å². The van der Waals surface area contributed by atoms with E-state index in [-0.39, 0.29) is 5.91 Å². The van der Waals surface area contributed by atoms with E-state index in [0.29, 0.717) is 6.42 Å². The van der Waals surface area contributed by atoms with E-state index in [1.54, 1.807) is 0 Å². The first-order chi connectivity index (χ1) is 10.2. The standard InChI is InChI=1S/C17H27N3O/c1-2-14-6-5-10-20(11-9-14)13-16-8-4-3-7-15(16)12-17(21)19-18/h3-4,7-8,14H,2,5-6,9-13,18H2,1H3,(H,19,21). The molecule has 116 valence electrons. The SMILES string of the molecule is CCC1CCCN(Cc2ccccc2CC(=O)NN)CC1. The van der Waals surface area contributed by atoms with Gasteiger partial charge in [0.2, 0.25) is 5.91 Å². The summed E-state index contributed by atoms with van der Waals surface area (Å²) in [5.74, 6) is 5.94. The highest BCUT2D eigenvalue weighted by Gasteiger charge is 2.17. The molecule has 0 bridgehead atoms. The fourth-order valence-corrected chi connectivity index (χ4v) is 3.14. The van der Waals surface area contributed by atoms with Crippen LogP contribution in [-0.4, -0.2) is 23.9 Å². The molecule has 1 saturated heterocycles. The zero-order valence-electron chi connectivity index (χ0n) is 13.0. The lowest BCUT2D eigenvalue weighted by atomic mass is 9.98. The average molecular weight is 289 g/mol. The van der Waals surface area contributed by atoms with Gasteiger partial charge in [-0.15, -0.1) is 0 Å². The second-order valence-electron chi connectivity index (χ2n) is 5.99. The van der Waals surface area contributed by atoms with E-state index in [9.17, 15) is 4.79 Å². The average Bonchev–Trinajstić information content (AvgIpc) is 2.74. The lowest BCUT2D eigenvalue weighted by molar-refractivity contribution is -0.120. The van der Waals surface area contributed by atoms with Crippen molar-refractivity contribution >= 4 is 5.91 Å². The van der Waals surface area contributed by atoms with Gasteiger partial charge in [-0.05, 0) is 49.4 Å². The number of carbonyl (C=O) groups is 1. The van der Waals surface area contributed by atoms with Crippen molar-refractivity contribution in [3.05, 3.63) is 35.4 Å². The first kappa shape index (κ1) is 16.0. The third-order valence-electron chi connectivity index (χ3n) is 4.54. The first-order valence-electron chi connectivity index (χ1n) is 8.01. The Bertz CT molecular complexity index is 461. The molecule has 1 amide bonds. The highest BCUT2D eigenvalue weighted by molar-refractivity contribution is 5.78. The maximum Gasteiger partial charge on any atom is 0.238 e. The molecule has 1 aliphatic heterocycles. The molecule has 0 aromatic heterocycles. The Morgan fingerprint density at radius 2 is 2.05 bits per heavy atom. The maximum atomic E-state index is 11.5. The van der Waals surface area contributed by atoms with Gasteiger partial charge in [-0.25, -0.2) is 5.84 Å². The van der Waals surface area contributed by atoms with Crippen LogP contribution >= 0.6 is 0 Å². The van der Waals surface area contributed by atoms with Crippen LogP contribution in [0.15, 0.2) is 24.3 Å². The van der Waals surface area contributed by atoms with Gasteiger partial charge >= 0.3 is 0 Å². The Balaban J connectivity index is 2.00. The quantitative estimate of drug-likeness (QED) is 0.496. The lowest BCUT2D eigenvalue weighted by Gasteiger charge is -2.21. The van der Waals surface area contributed by atoms with Gasteiger partial charge in [0.15, 0.2) is 0 Å². The number of hydrogen-bond donors (Lipinski definition) is 2. The molecule has 0 aliphatic carbocycles. The largest absolute Gasteiger partial charge is 0.299 e. The summed E-state index contributed by atoms with van der Waals surface area (Å²) >= 11 is 0. The summed E-state index contributed by atoms with van der Waals surface area (Å²) in [5.41, 5.74) is 4.54. The topological polar surface area (TPSA) is 58.4 Å². The van der Waals surface area contributed by atoms with Crippen molar-refractivity contribution in [3.63, 3.8) is 0 Å². The van der Waals surface area contributed by atoms with Crippen LogP contribution in [0.4, 0.5) is 0 Å². The van der Waals surface area contributed by atoms with Crippen molar-refractivity contribution in [1.29, 1.82) is 0 Å². The number of amides is 1. The molecule has 3 N–H and O–H groups in total. The minimum Gasteiger partial charge on any atom is -0.299 e. The Kier molecular flexibility index (Phi) is 6.21. The number of carbonyl (C=O) groups excluding carboxylic acids is 1. The molecule has 2 rings (SSSR count). The van der Waals surface area contributed by atoms with Crippen LogP contribution in [0.1, 0.15) is 43.7 Å². The first-order valence-corrected chi connectivity index (χ1v) is 8.01. The number of hydrazine groups is 1. The number of likely N-dealkylation sites (tertiary alicyclic amines) is 1. The molecular weight excluding hydrogens is 262 g/mol. The second-order valence-corrected chi connectivity index (χ2v) is 5.99. The fourth-order valence-electron chi connectivity index (χ4n) is 3.14. The number of rotatable bonds is 5. The van der Waals surface area contributed by atoms with Gasteiger partial charge in [0.25, 0.3) is 0 Å². The van der Waals surface area contributed by atoms with Crippen molar-refractivity contribution in [3.8, 4) is 0 Å². The summed E-state index contributed by atoms with van der Waals surface area (Å²) in [7, 11) is 0. The Morgan fingerprint density at radius 1 is 1.29 bits per heavy atom. The monoisotopic (exact) mass is 289 g/mol. The predicted molar refractivity (Wildman–Crippen MR) is 85.4 cm³/mol. The highest BCUT2D eigenvalue weighted by Crippen LogP contribution is 2.22. The van der Waals surface area contributed by atoms with E-state index in [1.807, 2.05) is 18.2 Å². The molecule has 4 heteroatoms. The molecule has 1 unspecified atom stereocenters. The molecule has 0 spiro atoms. The van der Waals surface area contributed by atoms with E-state index < -0.39 is 0 Å². The van der Waals surface area contributed by atoms with E-state index in [0.717, 1.165) is 31.1 Å². The summed E-state index contributed by atoms with van der Waals surface area (Å²) in [4.78, 5) is 14.0. The fraction of sp³-hybridized carbons (Fsp3) is 0.588. The van der Waals surface area contributed by atoms with E-state index >= 15 is 0 Å². The third kappa shape index (κ3) is 4.83. The van der Waals surface area contributed by atoms with Crippen LogP contribution in [0, 0.1) is 5.92 Å². The number of hydrogen-bond acceptors (Lipinski definition) is 3. The zero-order chi connectivity index (χ0) is 15.1. The van der Waals surface area contributed by atoms with Crippen LogP contribution in [0.3, 0.4) is 0 Å². The predicted octanol–water partition coefficient (Wildman–Crippen LogP) is 2.23. The van der Waals surface area contributed by atoms with Gasteiger partial charge in [-0.3, -0.25) is 15.1 Å². The molecule has 0 saturated carbocycles. The number of benzene rings is 1. The van der Waals surface area contributed by atoms with Gasteiger partial charge in [0, 0.05) is 6.54 Å². The van der Waals surface area contributed by atoms with E-state index in [1.165, 1.54) is 31.2 Å². The van der Waals surface area contributed by atoms with Crippen molar-refractivity contribution in [2.45, 2.75) is 45.6 Å². The van der Waals surface area contributed by atoms with E-state index in [4.69, 9.17) is 5.84 Å². The number of nitrogens with one attached hydrogen (secondary N) is 1. The van der Waals surface area contributed by atoms with Crippen LogP contribution in [0.25, 0.3) is 0 Å². The molecule has 1 aromatic carbocycles. The normalized spacial score (nSPS) is 20.0. The van der Waals surface area contributed by atoms with Crippen molar-refractivity contribution in [1.82, 2.24) is 10.3 Å². The van der Waals surface area contributed by atoms with Gasteiger partial charge in [0.05, 0.1) is 6.42 Å². The van der Waals surface area contributed by atoms with Crippen molar-refractivity contribution < 1.29 is 4.79 Å². The highest BCUT2D eigenvalue weighted by atomic mass is 16.2. The number of nitrogens with zero attached hydrogens (tertiary/aromatic N) is 1. The molecule has 4 nitrogen and oxygen atoms in total. The Hall–Kier alpha value is -1.39. The molecule has 1 fully saturated rings. The van der Waals surface area contributed by atoms with Crippen molar-refractivity contribution in [2.75, 3.05) is 13.1 Å². The molecule has 0 radical (unpaired) electrons. The molecular formula is C17H27N3O. The molecule has 1 aromatic rings. The molecule has 1 aliphatic rings. The van der Waals surface area contributed by atoms with Gasteiger partial charge in [-0.2, -0.15) is 0 Å². The van der Waals surface area contributed by atoms with Gasteiger partial charge < -0.3 is 0 Å². The van der Waals surface area contributed by atoms with E-state index in [2.05, 4.69) is 23.3 Å². The minimum atomic E-state index is -0.135. The van der Waals surface area contributed by atoms with Crippen LogP contribution < -0.4 is 11.3 Å². The Labute approximate surface area is 127 Å². The van der Waals surface area contributed by atoms with Crippen LogP contribution in [0.2, 0.25) is 0 Å². The Morgan fingerprint density at radius 3 is 2.76 bits per heavy atom. The summed E-state index contributed by atoms with van der Waals surface area (Å²) in [6.45, 7) is 5.55. The third-order valence-corrected chi connectivity index (χ3v) is 4.54. The summed E-state index contributed by atoms with van der Waals surface area (Å²) < 4.78 is 0. The lowest BCUT2D eigenvalue weighted by Crippen LogP contribution is -2.32. The van der Waals surface area contributed by atoms with Crippen LogP contribution in [0.5, 0.6) is 0 Å². The smallest absolute Gasteiger partial charge is 0.238 e. The summed E-state index contributed by atoms with van der Waals surface area (Å²) in [5, 5.41) is 0. The van der Waals surface area contributed by atoms with Gasteiger partial charge in [0.1, 0.15) is 0 Å². The van der Waals surface area contributed by atoms with Crippen molar-refractivity contribution in [2.24, 2.45) is 11.8 Å². The van der Waals surface area contributed by atoms with Crippen LogP contribution in [-0.2, 0) is 17.8 Å².